The van der Waals surface area contributed by atoms with Crippen molar-refractivity contribution in [3.05, 3.63) is 129 Å². The molecule has 0 spiro atoms. The fourth-order valence-electron chi connectivity index (χ4n) is 5.01. The van der Waals surface area contributed by atoms with Crippen molar-refractivity contribution in [1.29, 1.82) is 0 Å². The number of H-pyrrole nitrogens is 1. The number of aromatic amines is 1. The van der Waals surface area contributed by atoms with Crippen molar-refractivity contribution in [2.75, 3.05) is 34.0 Å². The lowest BCUT2D eigenvalue weighted by molar-refractivity contribution is -0.137. The molecular weight excluding hydrogens is 616 g/mol. The lowest BCUT2D eigenvalue weighted by atomic mass is 9.80. The average molecular weight is 663 g/mol. The lowest BCUT2D eigenvalue weighted by Crippen LogP contribution is -2.45. The summed E-state index contributed by atoms with van der Waals surface area (Å²) in [5.41, 5.74) is 0.188. The molecule has 0 amide bonds. The predicted octanol–water partition coefficient (Wildman–Crippen LogP) is 5.46. The van der Waals surface area contributed by atoms with Crippen LogP contribution in [0.25, 0.3) is 0 Å². The van der Waals surface area contributed by atoms with E-state index in [-0.39, 0.29) is 18.3 Å². The van der Waals surface area contributed by atoms with Crippen molar-refractivity contribution in [2.24, 2.45) is 0 Å². The Morgan fingerprint density at radius 3 is 1.79 bits per heavy atom. The first-order valence-electron chi connectivity index (χ1n) is 15.5. The summed E-state index contributed by atoms with van der Waals surface area (Å²) in [7, 11) is 0.984. The third-order valence-electron chi connectivity index (χ3n) is 8.76. The minimum Gasteiger partial charge on any atom is -0.497 e. The van der Waals surface area contributed by atoms with E-state index in [1.807, 2.05) is 78.9 Å². The van der Waals surface area contributed by atoms with Crippen molar-refractivity contribution in [3.8, 4) is 11.5 Å². The van der Waals surface area contributed by atoms with Gasteiger partial charge in [0.25, 0.3) is 5.56 Å². The molecular formula is C36H46N2O8Si. The molecule has 11 heteroatoms. The Morgan fingerprint density at radius 2 is 1.32 bits per heavy atom. The molecule has 0 bridgehead atoms. The molecule has 1 heterocycles. The van der Waals surface area contributed by atoms with E-state index >= 15 is 0 Å². The molecule has 4 rings (SSSR count). The van der Waals surface area contributed by atoms with E-state index in [0.717, 1.165) is 21.3 Å². The number of aliphatic hydroxyl groups excluding tert-OH is 1. The summed E-state index contributed by atoms with van der Waals surface area (Å²) < 4.78 is 32.2. The van der Waals surface area contributed by atoms with E-state index in [9.17, 15) is 14.7 Å². The van der Waals surface area contributed by atoms with Gasteiger partial charge < -0.3 is 28.5 Å². The number of benzene rings is 3. The highest BCUT2D eigenvalue weighted by Gasteiger charge is 2.41. The van der Waals surface area contributed by atoms with Crippen molar-refractivity contribution >= 4 is 8.32 Å². The molecule has 0 aliphatic carbocycles. The van der Waals surface area contributed by atoms with Gasteiger partial charge in [-0.15, -0.1) is 0 Å². The largest absolute Gasteiger partial charge is 0.497 e. The van der Waals surface area contributed by atoms with Gasteiger partial charge in [-0.1, -0.05) is 75.4 Å². The third-order valence-corrected chi connectivity index (χ3v) is 13.3. The van der Waals surface area contributed by atoms with Crippen molar-refractivity contribution in [2.45, 2.75) is 56.8 Å². The minimum absolute atomic E-state index is 0.0101. The molecule has 0 aliphatic rings. The molecule has 252 valence electrons. The van der Waals surface area contributed by atoms with Crippen LogP contribution in [0, 0.1) is 0 Å². The van der Waals surface area contributed by atoms with Crippen LogP contribution in [-0.4, -0.2) is 63.1 Å². The average Bonchev–Trinajstić information content (AvgIpc) is 3.06. The summed E-state index contributed by atoms with van der Waals surface area (Å²) in [5, 5.41) is 10.3. The summed E-state index contributed by atoms with van der Waals surface area (Å²) in [4.78, 5) is 26.7. The topological polar surface area (TPSA) is 121 Å². The number of nitrogens with one attached hydrogen (secondary N) is 1. The molecule has 0 saturated carbocycles. The van der Waals surface area contributed by atoms with Gasteiger partial charge in [-0.25, -0.2) is 4.79 Å². The minimum atomic E-state index is -2.26. The van der Waals surface area contributed by atoms with Gasteiger partial charge in [0, 0.05) is 12.3 Å². The zero-order valence-electron chi connectivity index (χ0n) is 28.2. The molecule has 4 aromatic rings. The highest BCUT2D eigenvalue weighted by molar-refractivity contribution is 6.74. The first-order chi connectivity index (χ1) is 22.3. The summed E-state index contributed by atoms with van der Waals surface area (Å²) in [6.07, 6.45) is -0.541. The van der Waals surface area contributed by atoms with Gasteiger partial charge in [0.2, 0.25) is 0 Å². The smallest absolute Gasteiger partial charge is 0.330 e. The lowest BCUT2D eigenvalue weighted by Gasteiger charge is -2.39. The van der Waals surface area contributed by atoms with Crippen LogP contribution in [0.15, 0.2) is 101 Å². The van der Waals surface area contributed by atoms with E-state index in [4.69, 9.17) is 23.4 Å². The Hall–Kier alpha value is -4.00. The summed E-state index contributed by atoms with van der Waals surface area (Å²) in [6, 6.07) is 26.5. The Kier molecular flexibility index (Phi) is 11.6. The number of hydrogen-bond acceptors (Lipinski definition) is 8. The molecule has 0 saturated heterocycles. The van der Waals surface area contributed by atoms with Crippen molar-refractivity contribution < 1.29 is 28.5 Å². The number of rotatable bonds is 15. The normalized spacial score (nSPS) is 13.6. The van der Waals surface area contributed by atoms with E-state index in [1.54, 1.807) is 14.2 Å². The maximum atomic E-state index is 12.7. The fraction of sp³-hybridized carbons (Fsp3) is 0.389. The quantitative estimate of drug-likeness (QED) is 0.127. The molecule has 0 aliphatic heterocycles. The van der Waals surface area contributed by atoms with Crippen molar-refractivity contribution in [1.82, 2.24) is 9.55 Å². The van der Waals surface area contributed by atoms with Gasteiger partial charge in [-0.3, -0.25) is 14.3 Å². The second-order valence-corrected chi connectivity index (χ2v) is 17.6. The molecule has 0 radical (unpaired) electrons. The van der Waals surface area contributed by atoms with Crippen LogP contribution in [0.1, 0.15) is 43.7 Å². The van der Waals surface area contributed by atoms with Gasteiger partial charge in [0.15, 0.2) is 14.5 Å². The first kappa shape index (κ1) is 35.8. The Bertz CT molecular complexity index is 1630. The van der Waals surface area contributed by atoms with Crippen molar-refractivity contribution in [3.63, 3.8) is 0 Å². The molecule has 1 aromatic heterocycles. The molecule has 10 nitrogen and oxygen atoms in total. The summed E-state index contributed by atoms with van der Waals surface area (Å²) in [5.74, 6) is 1.40. The van der Waals surface area contributed by atoms with Crippen LogP contribution in [0.5, 0.6) is 11.5 Å². The molecule has 0 fully saturated rings. The number of ether oxygens (including phenoxy) is 4. The maximum absolute atomic E-state index is 12.7. The second kappa shape index (κ2) is 15.3. The number of methoxy groups -OCH3 is 2. The van der Waals surface area contributed by atoms with Crippen LogP contribution in [0.2, 0.25) is 18.1 Å². The van der Waals surface area contributed by atoms with Crippen LogP contribution in [0.3, 0.4) is 0 Å². The highest BCUT2D eigenvalue weighted by atomic mass is 28.4. The van der Waals surface area contributed by atoms with Gasteiger partial charge in [-0.05, 0) is 59.1 Å². The first-order valence-corrected chi connectivity index (χ1v) is 18.5. The maximum Gasteiger partial charge on any atom is 0.330 e. The molecule has 3 aromatic carbocycles. The Balaban J connectivity index is 1.82. The van der Waals surface area contributed by atoms with Gasteiger partial charge in [0.1, 0.15) is 23.2 Å². The molecule has 2 atom stereocenters. The van der Waals surface area contributed by atoms with E-state index in [2.05, 4.69) is 38.8 Å². The monoisotopic (exact) mass is 662 g/mol. The fourth-order valence-corrected chi connectivity index (χ4v) is 6.05. The third kappa shape index (κ3) is 8.29. The summed E-state index contributed by atoms with van der Waals surface area (Å²) in [6.45, 7) is 10.4. The van der Waals surface area contributed by atoms with Crippen LogP contribution in [-0.2, 0) is 19.5 Å². The van der Waals surface area contributed by atoms with E-state index in [1.165, 1.54) is 12.3 Å². The standard InChI is InChI=1S/C36H46N2O8Si/c1-35(2,3)47(6,7)45-25-31(46-33(23-39)38-22-21-32(40)37-34(38)41)24-44-36(26-11-9-8-10-12-26,27-13-17-29(42-4)18-14-27)28-15-19-30(43-5)20-16-28/h8-22,31,33,39H,23-25H2,1-7H3,(H,37,40,41)/t31-,33-/m1/s1. The number of nitrogens with zero attached hydrogens (tertiary/aromatic N) is 1. The Morgan fingerprint density at radius 1 is 0.787 bits per heavy atom. The molecule has 2 N–H and O–H groups in total. The second-order valence-electron chi connectivity index (χ2n) is 12.8. The van der Waals surface area contributed by atoms with Gasteiger partial charge in [0.05, 0.1) is 34.0 Å². The number of aromatic nitrogens is 2. The van der Waals surface area contributed by atoms with Gasteiger partial charge in [-0.2, -0.15) is 0 Å². The van der Waals surface area contributed by atoms with E-state index in [0.29, 0.717) is 11.5 Å². The SMILES string of the molecule is COc1ccc(C(OC[C@H](CO[Si](C)(C)C(C)(C)C)O[C@H](CO)n2ccc(=O)[nH]c2=O)(c2ccccc2)c2ccc(OC)cc2)cc1. The molecule has 47 heavy (non-hydrogen) atoms. The summed E-state index contributed by atoms with van der Waals surface area (Å²) >= 11 is 0. The number of hydrogen-bond donors (Lipinski definition) is 2. The zero-order valence-corrected chi connectivity index (χ0v) is 29.2. The van der Waals surface area contributed by atoms with Crippen LogP contribution >= 0.6 is 0 Å². The zero-order chi connectivity index (χ0) is 34.2. The highest BCUT2D eigenvalue weighted by Crippen LogP contribution is 2.42. The predicted molar refractivity (Wildman–Crippen MR) is 184 cm³/mol. The Labute approximate surface area is 277 Å². The molecule has 0 unspecified atom stereocenters. The number of aliphatic hydroxyl groups is 1. The van der Waals surface area contributed by atoms with Crippen LogP contribution < -0.4 is 20.7 Å². The van der Waals surface area contributed by atoms with Gasteiger partial charge >= 0.3 is 5.69 Å². The van der Waals surface area contributed by atoms with E-state index < -0.39 is 44.1 Å². The van der Waals surface area contributed by atoms with Crippen LogP contribution in [0.4, 0.5) is 0 Å².